The van der Waals surface area contributed by atoms with Gasteiger partial charge in [-0.2, -0.15) is 0 Å². The fourth-order valence-electron chi connectivity index (χ4n) is 1.89. The van der Waals surface area contributed by atoms with E-state index in [9.17, 15) is 0 Å². The molecule has 0 bridgehead atoms. The Morgan fingerprint density at radius 1 is 1.27 bits per heavy atom. The molecule has 0 unspecified atom stereocenters. The molecule has 0 saturated carbocycles. The minimum absolute atomic E-state index is 0.810. The highest BCUT2D eigenvalue weighted by molar-refractivity contribution is 5.40. The lowest BCUT2D eigenvalue weighted by Crippen LogP contribution is -2.21. The molecule has 58 valence electrons. The third-order valence-electron chi connectivity index (χ3n) is 2.70. The van der Waals surface area contributed by atoms with E-state index in [2.05, 4.69) is 38.1 Å². The summed E-state index contributed by atoms with van der Waals surface area (Å²) in [6, 6.07) is 8.79. The lowest BCUT2D eigenvalue weighted by molar-refractivity contribution is 0.451. The molecule has 0 radical (unpaired) electrons. The lowest BCUT2D eigenvalue weighted by atomic mass is 9.72. The summed E-state index contributed by atoms with van der Waals surface area (Å²) in [6.45, 7) is 4.61. The first-order valence-electron chi connectivity index (χ1n) is 4.37. The van der Waals surface area contributed by atoms with E-state index in [1.165, 1.54) is 6.42 Å². The molecule has 11 heavy (non-hydrogen) atoms. The highest BCUT2D eigenvalue weighted by Crippen LogP contribution is 2.39. The van der Waals surface area contributed by atoms with Crippen LogP contribution in [0.1, 0.15) is 30.9 Å². The van der Waals surface area contributed by atoms with Crippen molar-refractivity contribution in [3.63, 3.8) is 0 Å². The minimum Gasteiger partial charge on any atom is -0.0622 e. The summed E-state index contributed by atoms with van der Waals surface area (Å²) in [6.07, 6.45) is 1.30. The Balaban J connectivity index is 2.29. The Morgan fingerprint density at radius 3 is 2.64 bits per heavy atom. The zero-order valence-corrected chi connectivity index (χ0v) is 7.17. The van der Waals surface area contributed by atoms with E-state index in [1.807, 2.05) is 0 Å². The van der Waals surface area contributed by atoms with Gasteiger partial charge in [0.1, 0.15) is 0 Å². The van der Waals surface area contributed by atoms with E-state index in [0.717, 1.165) is 11.8 Å². The van der Waals surface area contributed by atoms with Crippen LogP contribution in [0.25, 0.3) is 0 Å². The van der Waals surface area contributed by atoms with Crippen LogP contribution < -0.4 is 0 Å². The van der Waals surface area contributed by atoms with Gasteiger partial charge in [0.15, 0.2) is 0 Å². The molecule has 1 aromatic carbocycles. The van der Waals surface area contributed by atoms with Crippen molar-refractivity contribution in [3.8, 4) is 0 Å². The van der Waals surface area contributed by atoms with Gasteiger partial charge in [0.05, 0.1) is 0 Å². The number of fused-ring (bicyclic) bond motifs is 1. The van der Waals surface area contributed by atoms with Gasteiger partial charge in [0.2, 0.25) is 0 Å². The summed E-state index contributed by atoms with van der Waals surface area (Å²) in [5, 5.41) is 0. The van der Waals surface area contributed by atoms with Crippen LogP contribution in [-0.4, -0.2) is 0 Å². The molecule has 0 N–H and O–H groups in total. The van der Waals surface area contributed by atoms with Gasteiger partial charge in [0.25, 0.3) is 0 Å². The first-order chi connectivity index (χ1) is 5.29. The molecule has 0 heterocycles. The number of rotatable bonds is 1. The summed E-state index contributed by atoms with van der Waals surface area (Å²) < 4.78 is 0. The van der Waals surface area contributed by atoms with Crippen molar-refractivity contribution < 1.29 is 0 Å². The van der Waals surface area contributed by atoms with Crippen LogP contribution in [0.3, 0.4) is 0 Å². The van der Waals surface area contributed by atoms with E-state index >= 15 is 0 Å². The van der Waals surface area contributed by atoms with Gasteiger partial charge in [-0.3, -0.25) is 0 Å². The van der Waals surface area contributed by atoms with Gasteiger partial charge in [0, 0.05) is 0 Å². The Labute approximate surface area is 68.3 Å². The average molecular weight is 146 g/mol. The Bertz CT molecular complexity index is 260. The molecule has 0 amide bonds. The molecule has 0 spiro atoms. The molecule has 0 saturated heterocycles. The molecule has 2 rings (SSSR count). The van der Waals surface area contributed by atoms with Crippen molar-refractivity contribution in [2.45, 2.75) is 26.2 Å². The maximum atomic E-state index is 2.31. The van der Waals surface area contributed by atoms with Crippen molar-refractivity contribution >= 4 is 0 Å². The Morgan fingerprint density at radius 2 is 2.00 bits per heavy atom. The number of hydrogen-bond acceptors (Lipinski definition) is 0. The molecule has 0 nitrogen and oxygen atoms in total. The summed E-state index contributed by atoms with van der Waals surface area (Å²) in [5.41, 5.74) is 3.15. The van der Waals surface area contributed by atoms with Gasteiger partial charge in [-0.15, -0.1) is 0 Å². The minimum atomic E-state index is 0.810. The largest absolute Gasteiger partial charge is 0.0622 e. The van der Waals surface area contributed by atoms with Crippen LogP contribution in [0.5, 0.6) is 0 Å². The van der Waals surface area contributed by atoms with Crippen LogP contribution >= 0.6 is 0 Å². The van der Waals surface area contributed by atoms with E-state index in [-0.39, 0.29) is 0 Å². The molecule has 1 aliphatic rings. The summed E-state index contributed by atoms with van der Waals surface area (Å²) >= 11 is 0. The van der Waals surface area contributed by atoms with Crippen molar-refractivity contribution in [2.75, 3.05) is 0 Å². The average Bonchev–Trinajstić information content (AvgIpc) is 1.90. The highest BCUT2D eigenvalue weighted by Gasteiger charge is 2.27. The first kappa shape index (κ1) is 6.90. The third-order valence-corrected chi connectivity index (χ3v) is 2.70. The topological polar surface area (TPSA) is 0 Å². The van der Waals surface area contributed by atoms with E-state index < -0.39 is 0 Å². The fraction of sp³-hybridized carbons (Fsp3) is 0.455. The molecule has 1 aliphatic carbocycles. The Kier molecular flexibility index (Phi) is 1.49. The van der Waals surface area contributed by atoms with Crippen molar-refractivity contribution in [1.29, 1.82) is 0 Å². The predicted molar refractivity (Wildman–Crippen MR) is 47.7 cm³/mol. The predicted octanol–water partition coefficient (Wildman–Crippen LogP) is 2.98. The SMILES string of the molecule is CC(C)[C@H]1Cc2ccccc21. The molecular weight excluding hydrogens is 132 g/mol. The van der Waals surface area contributed by atoms with Gasteiger partial charge in [-0.25, -0.2) is 0 Å². The van der Waals surface area contributed by atoms with Crippen molar-refractivity contribution in [2.24, 2.45) is 5.92 Å². The zero-order valence-electron chi connectivity index (χ0n) is 7.17. The van der Waals surface area contributed by atoms with E-state index in [4.69, 9.17) is 0 Å². The summed E-state index contributed by atoms with van der Waals surface area (Å²) in [5.74, 6) is 1.65. The maximum Gasteiger partial charge on any atom is -0.00956 e. The van der Waals surface area contributed by atoms with Crippen LogP contribution in [0.15, 0.2) is 24.3 Å². The van der Waals surface area contributed by atoms with Crippen LogP contribution in [0.2, 0.25) is 0 Å². The second-order valence-electron chi connectivity index (χ2n) is 3.75. The molecule has 0 aromatic heterocycles. The number of hydrogen-bond donors (Lipinski definition) is 0. The Hall–Kier alpha value is -0.780. The molecule has 0 heteroatoms. The number of benzene rings is 1. The quantitative estimate of drug-likeness (QED) is 0.571. The smallest absolute Gasteiger partial charge is 0.00956 e. The zero-order chi connectivity index (χ0) is 7.84. The van der Waals surface area contributed by atoms with Crippen molar-refractivity contribution in [1.82, 2.24) is 0 Å². The van der Waals surface area contributed by atoms with Gasteiger partial charge in [-0.05, 0) is 29.4 Å². The van der Waals surface area contributed by atoms with Crippen LogP contribution in [-0.2, 0) is 6.42 Å². The fourth-order valence-corrected chi connectivity index (χ4v) is 1.89. The maximum absolute atomic E-state index is 2.31. The van der Waals surface area contributed by atoms with E-state index in [1.54, 1.807) is 11.1 Å². The third kappa shape index (κ3) is 0.973. The van der Waals surface area contributed by atoms with Crippen molar-refractivity contribution in [3.05, 3.63) is 35.4 Å². The van der Waals surface area contributed by atoms with Gasteiger partial charge < -0.3 is 0 Å². The normalized spacial score (nSPS) is 21.2. The van der Waals surface area contributed by atoms with E-state index in [0.29, 0.717) is 0 Å². The molecule has 1 aromatic rings. The second kappa shape index (κ2) is 2.37. The van der Waals surface area contributed by atoms with Crippen LogP contribution in [0, 0.1) is 5.92 Å². The molecule has 0 aliphatic heterocycles. The summed E-state index contributed by atoms with van der Waals surface area (Å²) in [4.78, 5) is 0. The molecular formula is C11H14. The first-order valence-corrected chi connectivity index (χ1v) is 4.37. The standard InChI is InChI=1S/C11H14/c1-8(2)11-7-9-5-3-4-6-10(9)11/h3-6,8,11H,7H2,1-2H3/t11-/m1/s1. The van der Waals surface area contributed by atoms with Crippen LogP contribution in [0.4, 0.5) is 0 Å². The lowest BCUT2D eigenvalue weighted by Gasteiger charge is -2.33. The molecule has 0 fully saturated rings. The second-order valence-corrected chi connectivity index (χ2v) is 3.75. The van der Waals surface area contributed by atoms with Gasteiger partial charge >= 0.3 is 0 Å². The van der Waals surface area contributed by atoms with Gasteiger partial charge in [-0.1, -0.05) is 38.1 Å². The summed E-state index contributed by atoms with van der Waals surface area (Å²) in [7, 11) is 0. The molecule has 1 atom stereocenters. The monoisotopic (exact) mass is 146 g/mol. The highest BCUT2D eigenvalue weighted by atomic mass is 14.3.